The number of aryl methyl sites for hydroxylation is 1. The number of ether oxygens (including phenoxy) is 3. The van der Waals surface area contributed by atoms with Crippen molar-refractivity contribution < 1.29 is 19.0 Å². The summed E-state index contributed by atoms with van der Waals surface area (Å²) in [5.41, 5.74) is 4.99. The summed E-state index contributed by atoms with van der Waals surface area (Å²) in [5, 5.41) is 8.62. The molecule has 8 nitrogen and oxygen atoms in total. The lowest BCUT2D eigenvalue weighted by molar-refractivity contribution is -0.140. The Kier molecular flexibility index (Phi) is 8.99. The predicted octanol–water partition coefficient (Wildman–Crippen LogP) is 7.08. The number of carbonyl (C=O) groups is 1. The van der Waals surface area contributed by atoms with Crippen molar-refractivity contribution in [2.75, 3.05) is 18.2 Å². The number of carbonyl (C=O) groups excluding carboxylic acids is 1. The largest absolute Gasteiger partial charge is 0.493 e. The predicted molar refractivity (Wildman–Crippen MR) is 163 cm³/mol. The number of benzene rings is 3. The average molecular weight is 636 g/mol. The van der Waals surface area contributed by atoms with E-state index >= 15 is 0 Å². The van der Waals surface area contributed by atoms with E-state index in [1.54, 1.807) is 11.8 Å². The molecule has 0 amide bonds. The third kappa shape index (κ3) is 6.44. The number of nitrogens with one attached hydrogen (secondary N) is 1. The van der Waals surface area contributed by atoms with Crippen LogP contribution in [0.2, 0.25) is 0 Å². The molecule has 212 valence electrons. The Morgan fingerprint density at radius 1 is 1.05 bits per heavy atom. The van der Waals surface area contributed by atoms with Crippen molar-refractivity contribution in [3.8, 4) is 11.5 Å². The van der Waals surface area contributed by atoms with Crippen molar-refractivity contribution in [2.45, 2.75) is 45.2 Å². The highest BCUT2D eigenvalue weighted by molar-refractivity contribution is 9.10. The molecule has 0 saturated heterocycles. The molecule has 5 rings (SSSR count). The van der Waals surface area contributed by atoms with Crippen LogP contribution in [-0.2, 0) is 22.7 Å². The number of allylic oxidation sites excluding steroid dienone is 1. The van der Waals surface area contributed by atoms with Gasteiger partial charge in [0.1, 0.15) is 19.3 Å². The maximum absolute atomic E-state index is 13.6. The van der Waals surface area contributed by atoms with Crippen LogP contribution in [0.1, 0.15) is 42.1 Å². The van der Waals surface area contributed by atoms with Crippen LogP contribution in [0.4, 0.5) is 5.95 Å². The Hall–Kier alpha value is -3.76. The van der Waals surface area contributed by atoms with Crippen LogP contribution in [0.5, 0.6) is 11.5 Å². The van der Waals surface area contributed by atoms with E-state index in [2.05, 4.69) is 45.3 Å². The van der Waals surface area contributed by atoms with E-state index in [1.165, 1.54) is 17.3 Å². The third-order valence-corrected chi connectivity index (χ3v) is 7.92. The molecular weight excluding hydrogens is 604 g/mol. The fourth-order valence-corrected chi connectivity index (χ4v) is 5.70. The molecule has 1 atom stereocenters. The molecule has 10 heteroatoms. The number of rotatable bonds is 10. The summed E-state index contributed by atoms with van der Waals surface area (Å²) in [5.74, 6) is 2.03. The number of esters is 1. The average Bonchev–Trinajstić information content (AvgIpc) is 3.37. The number of nitrogens with zero attached hydrogens (tertiary/aromatic N) is 3. The van der Waals surface area contributed by atoms with Crippen LogP contribution in [0.25, 0.3) is 0 Å². The van der Waals surface area contributed by atoms with Gasteiger partial charge in [-0.1, -0.05) is 78.8 Å². The first-order valence-electron chi connectivity index (χ1n) is 13.2. The van der Waals surface area contributed by atoms with Crippen molar-refractivity contribution in [1.29, 1.82) is 0 Å². The van der Waals surface area contributed by atoms with Gasteiger partial charge < -0.3 is 19.5 Å². The van der Waals surface area contributed by atoms with Crippen molar-refractivity contribution >= 4 is 39.6 Å². The number of hydrogen-bond acceptors (Lipinski definition) is 8. The summed E-state index contributed by atoms with van der Waals surface area (Å²) in [6, 6.07) is 21.0. The van der Waals surface area contributed by atoms with Gasteiger partial charge in [-0.25, -0.2) is 9.48 Å². The van der Waals surface area contributed by atoms with Crippen molar-refractivity contribution in [3.63, 3.8) is 0 Å². The van der Waals surface area contributed by atoms with E-state index in [0.717, 1.165) is 22.4 Å². The fourth-order valence-electron chi connectivity index (χ4n) is 4.57. The first-order chi connectivity index (χ1) is 19.9. The van der Waals surface area contributed by atoms with Crippen molar-refractivity contribution in [2.24, 2.45) is 0 Å². The van der Waals surface area contributed by atoms with Crippen LogP contribution in [-0.4, -0.2) is 33.6 Å². The number of hydrogen-bond donors (Lipinski definition) is 1. The topological polar surface area (TPSA) is 87.5 Å². The van der Waals surface area contributed by atoms with E-state index in [1.807, 2.05) is 68.4 Å². The molecule has 1 aliphatic heterocycles. The van der Waals surface area contributed by atoms with Gasteiger partial charge in [0.15, 0.2) is 11.5 Å². The van der Waals surface area contributed by atoms with E-state index < -0.39 is 12.0 Å². The summed E-state index contributed by atoms with van der Waals surface area (Å²) in [6.07, 6.45) is 0. The minimum absolute atomic E-state index is 0.156. The van der Waals surface area contributed by atoms with Crippen LogP contribution in [0.15, 0.2) is 87.6 Å². The van der Waals surface area contributed by atoms with Crippen LogP contribution < -0.4 is 14.8 Å². The van der Waals surface area contributed by atoms with E-state index in [9.17, 15) is 4.79 Å². The quantitative estimate of drug-likeness (QED) is 0.146. The molecule has 0 spiro atoms. The second kappa shape index (κ2) is 12.8. The summed E-state index contributed by atoms with van der Waals surface area (Å²) in [7, 11) is 1.60. The number of aromatic nitrogens is 3. The molecule has 2 heterocycles. The van der Waals surface area contributed by atoms with Gasteiger partial charge in [-0.2, -0.15) is 4.98 Å². The maximum atomic E-state index is 13.6. The van der Waals surface area contributed by atoms with Gasteiger partial charge in [0.2, 0.25) is 11.1 Å². The van der Waals surface area contributed by atoms with Crippen LogP contribution in [0, 0.1) is 6.92 Å². The molecule has 3 aromatic carbocycles. The highest BCUT2D eigenvalue weighted by Crippen LogP contribution is 2.43. The molecule has 0 bridgehead atoms. The molecule has 41 heavy (non-hydrogen) atoms. The molecule has 0 saturated carbocycles. The highest BCUT2D eigenvalue weighted by atomic mass is 79.9. The molecule has 1 N–H and O–H groups in total. The molecule has 1 aliphatic rings. The van der Waals surface area contributed by atoms with Gasteiger partial charge in [-0.15, -0.1) is 5.10 Å². The van der Waals surface area contributed by atoms with Gasteiger partial charge in [0.05, 0.1) is 17.2 Å². The monoisotopic (exact) mass is 634 g/mol. The Bertz CT molecular complexity index is 1570. The summed E-state index contributed by atoms with van der Waals surface area (Å²) < 4.78 is 20.2. The molecule has 1 aromatic heterocycles. The number of anilines is 1. The van der Waals surface area contributed by atoms with Crippen molar-refractivity contribution in [3.05, 3.63) is 105 Å². The zero-order valence-electron chi connectivity index (χ0n) is 23.3. The lowest BCUT2D eigenvalue weighted by Gasteiger charge is -2.29. The summed E-state index contributed by atoms with van der Waals surface area (Å²) in [4.78, 5) is 18.3. The van der Waals surface area contributed by atoms with Gasteiger partial charge in [-0.3, -0.25) is 0 Å². The Morgan fingerprint density at radius 3 is 2.49 bits per heavy atom. The number of thioether (sulfide) groups is 1. The standard InChI is InChI=1S/C31H31BrN4O4S/c1-5-41-31-34-30-33-20(3)26(29(37)40-18-21-9-7-6-8-10-21)27(36(30)35-31)23-15-24(32)28(25(16-23)38-4)39-17-22-13-11-19(2)12-14-22/h6-16,27H,5,17-18H2,1-4H3,(H,33,34,35). The lowest BCUT2D eigenvalue weighted by Crippen LogP contribution is -2.29. The fraction of sp³-hybridized carbons (Fsp3) is 0.258. The first kappa shape index (κ1) is 28.8. The van der Waals surface area contributed by atoms with Gasteiger partial charge >= 0.3 is 5.97 Å². The van der Waals surface area contributed by atoms with Crippen LogP contribution >= 0.6 is 27.7 Å². The molecule has 0 aliphatic carbocycles. The number of fused-ring (bicyclic) bond motifs is 1. The molecule has 4 aromatic rings. The maximum Gasteiger partial charge on any atom is 0.338 e. The highest BCUT2D eigenvalue weighted by Gasteiger charge is 2.36. The number of methoxy groups -OCH3 is 1. The Labute approximate surface area is 252 Å². The normalized spacial score (nSPS) is 14.3. The second-order valence-corrected chi connectivity index (χ2v) is 11.6. The molecule has 1 unspecified atom stereocenters. The second-order valence-electron chi connectivity index (χ2n) is 9.53. The minimum Gasteiger partial charge on any atom is -0.493 e. The molecular formula is C31H31BrN4O4S. The zero-order chi connectivity index (χ0) is 28.9. The zero-order valence-corrected chi connectivity index (χ0v) is 25.7. The minimum atomic E-state index is -0.607. The molecule has 0 radical (unpaired) electrons. The van der Waals surface area contributed by atoms with E-state index in [4.69, 9.17) is 19.3 Å². The Balaban J connectivity index is 1.51. The van der Waals surface area contributed by atoms with Gasteiger partial charge in [0, 0.05) is 5.70 Å². The third-order valence-electron chi connectivity index (χ3n) is 6.61. The van der Waals surface area contributed by atoms with Crippen molar-refractivity contribution in [1.82, 2.24) is 14.8 Å². The van der Waals surface area contributed by atoms with E-state index in [0.29, 0.717) is 45.0 Å². The molecule has 0 fully saturated rings. The van der Waals surface area contributed by atoms with Crippen LogP contribution in [0.3, 0.4) is 0 Å². The smallest absolute Gasteiger partial charge is 0.338 e. The lowest BCUT2D eigenvalue weighted by atomic mass is 9.95. The first-order valence-corrected chi connectivity index (χ1v) is 15.0. The van der Waals surface area contributed by atoms with Gasteiger partial charge in [0.25, 0.3) is 0 Å². The summed E-state index contributed by atoms with van der Waals surface area (Å²) in [6.45, 7) is 6.48. The number of halogens is 1. The van der Waals surface area contributed by atoms with E-state index in [-0.39, 0.29) is 6.61 Å². The van der Waals surface area contributed by atoms with Gasteiger partial charge in [-0.05, 0) is 64.4 Å². The SMILES string of the molecule is CCSc1nc2n(n1)C(c1cc(Br)c(OCc3ccc(C)cc3)c(OC)c1)C(C(=O)OCc1ccccc1)=C(C)N2. The Morgan fingerprint density at radius 2 is 1.78 bits per heavy atom. The summed E-state index contributed by atoms with van der Waals surface area (Å²) >= 11 is 5.22.